The van der Waals surface area contributed by atoms with Crippen LogP contribution < -0.4 is 10.5 Å². The van der Waals surface area contributed by atoms with E-state index in [-0.39, 0.29) is 4.90 Å². The van der Waals surface area contributed by atoms with Gasteiger partial charge in [-0.25, -0.2) is 8.42 Å². The minimum atomic E-state index is -3.60. The van der Waals surface area contributed by atoms with Crippen molar-refractivity contribution in [1.29, 1.82) is 0 Å². The number of nitrogens with one attached hydrogen (secondary N) is 1. The van der Waals surface area contributed by atoms with Crippen LogP contribution in [-0.4, -0.2) is 8.42 Å². The summed E-state index contributed by atoms with van der Waals surface area (Å²) >= 11 is 0. The Morgan fingerprint density at radius 3 is 2.08 bits per heavy atom. The summed E-state index contributed by atoms with van der Waals surface area (Å²) in [6.45, 7) is 1.95. The van der Waals surface area contributed by atoms with Crippen molar-refractivity contribution in [2.24, 2.45) is 0 Å². The topological polar surface area (TPSA) is 72.2 Å². The zero-order chi connectivity index (χ0) is 17.2. The van der Waals surface area contributed by atoms with Gasteiger partial charge in [-0.15, -0.1) is 0 Å². The van der Waals surface area contributed by atoms with Gasteiger partial charge in [0.2, 0.25) is 0 Å². The van der Waals surface area contributed by atoms with Crippen molar-refractivity contribution in [1.82, 2.24) is 0 Å². The van der Waals surface area contributed by atoms with Gasteiger partial charge in [-0.2, -0.15) is 0 Å². The highest BCUT2D eigenvalue weighted by molar-refractivity contribution is 7.92. The molecule has 0 saturated heterocycles. The van der Waals surface area contributed by atoms with E-state index >= 15 is 0 Å². The third-order valence-corrected chi connectivity index (χ3v) is 5.20. The first-order valence-electron chi connectivity index (χ1n) is 7.50. The molecule has 0 saturated carbocycles. The summed E-state index contributed by atoms with van der Waals surface area (Å²) in [6.07, 6.45) is 0. The Kier molecular flexibility index (Phi) is 4.27. The molecule has 122 valence electrons. The molecule has 3 rings (SSSR count). The largest absolute Gasteiger partial charge is 0.398 e. The highest BCUT2D eigenvalue weighted by Gasteiger charge is 2.14. The molecular formula is C19H18N2O2S. The minimum absolute atomic E-state index is 0.218. The van der Waals surface area contributed by atoms with Crippen LogP contribution in [0.15, 0.2) is 77.7 Å². The van der Waals surface area contributed by atoms with Gasteiger partial charge in [0.1, 0.15) is 0 Å². The molecule has 0 aliphatic carbocycles. The molecule has 3 N–H and O–H groups in total. The molecule has 0 aromatic heterocycles. The van der Waals surface area contributed by atoms with Gasteiger partial charge in [0.05, 0.1) is 4.90 Å². The van der Waals surface area contributed by atoms with Crippen LogP contribution in [0.5, 0.6) is 0 Å². The second kappa shape index (κ2) is 6.37. The molecular weight excluding hydrogens is 320 g/mol. The van der Waals surface area contributed by atoms with Gasteiger partial charge in [-0.3, -0.25) is 4.72 Å². The number of anilines is 2. The van der Waals surface area contributed by atoms with Crippen molar-refractivity contribution in [3.05, 3.63) is 78.4 Å². The van der Waals surface area contributed by atoms with E-state index in [0.717, 1.165) is 22.4 Å². The summed E-state index contributed by atoms with van der Waals surface area (Å²) in [5.41, 5.74) is 10.1. The van der Waals surface area contributed by atoms with E-state index in [1.807, 2.05) is 31.2 Å². The predicted octanol–water partition coefficient (Wildman–Crippen LogP) is 4.05. The van der Waals surface area contributed by atoms with Crippen molar-refractivity contribution in [2.45, 2.75) is 11.8 Å². The number of hydrogen-bond donors (Lipinski definition) is 2. The average Bonchev–Trinajstić information content (AvgIpc) is 2.58. The van der Waals surface area contributed by atoms with Gasteiger partial charge in [0.15, 0.2) is 0 Å². The first-order chi connectivity index (χ1) is 11.5. The number of hydrogen-bond acceptors (Lipinski definition) is 3. The van der Waals surface area contributed by atoms with E-state index in [2.05, 4.69) is 4.72 Å². The molecule has 0 spiro atoms. The van der Waals surface area contributed by atoms with Crippen molar-refractivity contribution in [3.63, 3.8) is 0 Å². The van der Waals surface area contributed by atoms with Gasteiger partial charge >= 0.3 is 0 Å². The number of nitrogen functional groups attached to an aromatic ring is 1. The molecule has 0 aliphatic rings. The second-order valence-corrected chi connectivity index (χ2v) is 7.25. The van der Waals surface area contributed by atoms with E-state index in [9.17, 15) is 8.42 Å². The molecule has 0 aliphatic heterocycles. The maximum Gasteiger partial charge on any atom is 0.261 e. The maximum absolute atomic E-state index is 12.4. The van der Waals surface area contributed by atoms with Crippen molar-refractivity contribution < 1.29 is 8.42 Å². The fourth-order valence-electron chi connectivity index (χ4n) is 2.37. The summed E-state index contributed by atoms with van der Waals surface area (Å²) in [7, 11) is -3.60. The SMILES string of the molecule is Cc1ccc(-c2ccc(S(=O)(=O)Nc3ccccc3)cc2)cc1N. The van der Waals surface area contributed by atoms with Crippen LogP contribution in [0, 0.1) is 6.92 Å². The molecule has 4 nitrogen and oxygen atoms in total. The molecule has 0 unspecified atom stereocenters. The lowest BCUT2D eigenvalue weighted by Crippen LogP contribution is -2.12. The summed E-state index contributed by atoms with van der Waals surface area (Å²) in [5, 5.41) is 0. The number of sulfonamides is 1. The maximum atomic E-state index is 12.4. The van der Waals surface area contributed by atoms with E-state index in [4.69, 9.17) is 5.73 Å². The molecule has 0 amide bonds. The normalized spacial score (nSPS) is 11.2. The number of rotatable bonds is 4. The first kappa shape index (κ1) is 16.1. The first-order valence-corrected chi connectivity index (χ1v) is 8.98. The molecule has 5 heteroatoms. The number of para-hydroxylation sites is 1. The lowest BCUT2D eigenvalue weighted by atomic mass is 10.0. The lowest BCUT2D eigenvalue weighted by molar-refractivity contribution is 0.601. The van der Waals surface area contributed by atoms with Gasteiger partial charge in [-0.1, -0.05) is 42.5 Å². The van der Waals surface area contributed by atoms with Gasteiger partial charge in [0.25, 0.3) is 10.0 Å². The predicted molar refractivity (Wildman–Crippen MR) is 98.3 cm³/mol. The van der Waals surface area contributed by atoms with Gasteiger partial charge in [-0.05, 0) is 53.9 Å². The van der Waals surface area contributed by atoms with Crippen molar-refractivity contribution in [3.8, 4) is 11.1 Å². The lowest BCUT2D eigenvalue weighted by Gasteiger charge is -2.09. The van der Waals surface area contributed by atoms with Crippen molar-refractivity contribution in [2.75, 3.05) is 10.5 Å². The molecule has 24 heavy (non-hydrogen) atoms. The third-order valence-electron chi connectivity index (χ3n) is 3.80. The Morgan fingerprint density at radius 1 is 0.833 bits per heavy atom. The zero-order valence-electron chi connectivity index (χ0n) is 13.2. The standard InChI is InChI=1S/C19H18N2O2S/c1-14-7-8-16(13-19(14)20)15-9-11-18(12-10-15)24(22,23)21-17-5-3-2-4-6-17/h2-13,21H,20H2,1H3. The quantitative estimate of drug-likeness (QED) is 0.705. The number of benzene rings is 3. The van der Waals surface area contributed by atoms with E-state index in [0.29, 0.717) is 5.69 Å². The molecule has 0 atom stereocenters. The Morgan fingerprint density at radius 2 is 1.46 bits per heavy atom. The highest BCUT2D eigenvalue weighted by Crippen LogP contribution is 2.25. The van der Waals surface area contributed by atoms with Crippen LogP contribution in [0.2, 0.25) is 0 Å². The average molecular weight is 338 g/mol. The minimum Gasteiger partial charge on any atom is -0.398 e. The Labute approximate surface area is 142 Å². The molecule has 0 radical (unpaired) electrons. The smallest absolute Gasteiger partial charge is 0.261 e. The highest BCUT2D eigenvalue weighted by atomic mass is 32.2. The van der Waals surface area contributed by atoms with E-state index in [1.54, 1.807) is 48.5 Å². The molecule has 0 bridgehead atoms. The van der Waals surface area contributed by atoms with Gasteiger partial charge < -0.3 is 5.73 Å². The summed E-state index contributed by atoms with van der Waals surface area (Å²) in [4.78, 5) is 0.218. The summed E-state index contributed by atoms with van der Waals surface area (Å²) in [5.74, 6) is 0. The van der Waals surface area contributed by atoms with Crippen LogP contribution in [-0.2, 0) is 10.0 Å². The monoisotopic (exact) mass is 338 g/mol. The number of aryl methyl sites for hydroxylation is 1. The molecule has 0 fully saturated rings. The van der Waals surface area contributed by atoms with Crippen LogP contribution in [0.1, 0.15) is 5.56 Å². The number of nitrogens with two attached hydrogens (primary N) is 1. The Balaban J connectivity index is 1.87. The zero-order valence-corrected chi connectivity index (χ0v) is 14.0. The van der Waals surface area contributed by atoms with E-state index < -0.39 is 10.0 Å². The van der Waals surface area contributed by atoms with Gasteiger partial charge in [0, 0.05) is 11.4 Å². The molecule has 3 aromatic rings. The summed E-state index contributed by atoms with van der Waals surface area (Å²) < 4.78 is 27.4. The molecule has 0 heterocycles. The fraction of sp³-hybridized carbons (Fsp3) is 0.0526. The third kappa shape index (κ3) is 3.41. The van der Waals surface area contributed by atoms with E-state index in [1.165, 1.54) is 0 Å². The van der Waals surface area contributed by atoms with Crippen LogP contribution in [0.4, 0.5) is 11.4 Å². The Bertz CT molecular complexity index is 950. The van der Waals surface area contributed by atoms with Crippen LogP contribution >= 0.6 is 0 Å². The summed E-state index contributed by atoms with van der Waals surface area (Å²) in [6, 6.07) is 21.4. The Hall–Kier alpha value is -2.79. The second-order valence-electron chi connectivity index (χ2n) is 5.57. The van der Waals surface area contributed by atoms with Crippen molar-refractivity contribution >= 4 is 21.4 Å². The molecule has 3 aromatic carbocycles. The van der Waals surface area contributed by atoms with Crippen LogP contribution in [0.3, 0.4) is 0 Å². The van der Waals surface area contributed by atoms with Crippen LogP contribution in [0.25, 0.3) is 11.1 Å². The fourth-order valence-corrected chi connectivity index (χ4v) is 3.43.